The zero-order chi connectivity index (χ0) is 19.4. The molecule has 0 bridgehead atoms. The fourth-order valence-corrected chi connectivity index (χ4v) is 2.27. The second kappa shape index (κ2) is 7.44. The Bertz CT molecular complexity index is 951. The van der Waals surface area contributed by atoms with Crippen molar-refractivity contribution in [1.82, 2.24) is 20.2 Å². The molecule has 2 aromatic carbocycles. The number of benzene rings is 2. The van der Waals surface area contributed by atoms with Crippen LogP contribution in [0.1, 0.15) is 11.4 Å². The van der Waals surface area contributed by atoms with Gasteiger partial charge in [-0.1, -0.05) is 0 Å². The van der Waals surface area contributed by atoms with Gasteiger partial charge in [-0.2, -0.15) is 17.9 Å². The van der Waals surface area contributed by atoms with Crippen LogP contribution < -0.4 is 10.1 Å². The van der Waals surface area contributed by atoms with Crippen LogP contribution in [0.3, 0.4) is 0 Å². The number of rotatable bonds is 5. The van der Waals surface area contributed by atoms with Crippen LogP contribution in [0.25, 0.3) is 11.8 Å². The van der Waals surface area contributed by atoms with Crippen LogP contribution in [-0.2, 0) is 6.18 Å². The number of nitrogens with zero attached hydrogens (tertiary/aromatic N) is 4. The lowest BCUT2D eigenvalue weighted by Gasteiger charge is -2.12. The van der Waals surface area contributed by atoms with Crippen molar-refractivity contribution in [3.8, 4) is 11.4 Å². The summed E-state index contributed by atoms with van der Waals surface area (Å²) in [5, 5.41) is 13.9. The van der Waals surface area contributed by atoms with Crippen molar-refractivity contribution in [2.24, 2.45) is 0 Å². The smallest absolute Gasteiger partial charge is 0.416 e. The summed E-state index contributed by atoms with van der Waals surface area (Å²) in [5.74, 6) is 0.132. The lowest BCUT2D eigenvalue weighted by Crippen LogP contribution is -2.06. The Kier molecular flexibility index (Phi) is 5.06. The van der Waals surface area contributed by atoms with E-state index in [0.717, 1.165) is 12.1 Å². The average Bonchev–Trinajstić information content (AvgIpc) is 3.10. The summed E-state index contributed by atoms with van der Waals surface area (Å²) in [6.45, 7) is 0. The molecule has 27 heavy (non-hydrogen) atoms. The molecule has 140 valence electrons. The van der Waals surface area contributed by atoms with Gasteiger partial charge in [0.25, 0.3) is 0 Å². The highest BCUT2D eigenvalue weighted by molar-refractivity contribution is 5.62. The Balaban J connectivity index is 1.83. The molecule has 0 aliphatic heterocycles. The Morgan fingerprint density at radius 2 is 1.85 bits per heavy atom. The molecule has 1 heterocycles. The van der Waals surface area contributed by atoms with E-state index in [2.05, 4.69) is 20.8 Å². The molecular formula is C17H13F4N5O. The van der Waals surface area contributed by atoms with Crippen LogP contribution >= 0.6 is 0 Å². The van der Waals surface area contributed by atoms with E-state index < -0.39 is 17.6 Å². The summed E-state index contributed by atoms with van der Waals surface area (Å²) in [6.07, 6.45) is -1.63. The molecule has 0 aliphatic rings. The Hall–Kier alpha value is -3.43. The normalized spacial score (nSPS) is 11.7. The van der Waals surface area contributed by atoms with Crippen LogP contribution in [0.4, 0.5) is 23.2 Å². The van der Waals surface area contributed by atoms with Gasteiger partial charge in [0.1, 0.15) is 11.6 Å². The molecule has 0 amide bonds. The number of hydrogen-bond acceptors (Lipinski definition) is 5. The van der Waals surface area contributed by atoms with Crippen molar-refractivity contribution < 1.29 is 22.3 Å². The number of tetrazole rings is 1. The maximum absolute atomic E-state index is 13.0. The predicted molar refractivity (Wildman–Crippen MR) is 89.8 cm³/mol. The first-order valence-corrected chi connectivity index (χ1v) is 7.61. The van der Waals surface area contributed by atoms with Crippen LogP contribution in [0.15, 0.2) is 48.7 Å². The molecule has 6 nitrogen and oxygen atoms in total. The third-order valence-corrected chi connectivity index (χ3v) is 3.56. The molecule has 0 radical (unpaired) electrons. The summed E-state index contributed by atoms with van der Waals surface area (Å²) in [7, 11) is 1.35. The molecule has 0 saturated heterocycles. The minimum Gasteiger partial charge on any atom is -0.495 e. The number of anilines is 1. The van der Waals surface area contributed by atoms with E-state index in [4.69, 9.17) is 4.74 Å². The van der Waals surface area contributed by atoms with E-state index in [1.807, 2.05) is 0 Å². The summed E-state index contributed by atoms with van der Waals surface area (Å²) < 4.78 is 58.1. The zero-order valence-corrected chi connectivity index (χ0v) is 13.9. The molecule has 1 aromatic heterocycles. The fourth-order valence-electron chi connectivity index (χ4n) is 2.27. The highest BCUT2D eigenvalue weighted by Gasteiger charge is 2.31. The van der Waals surface area contributed by atoms with Gasteiger partial charge < -0.3 is 10.1 Å². The largest absolute Gasteiger partial charge is 0.495 e. The molecule has 0 atom stereocenters. The van der Waals surface area contributed by atoms with Crippen LogP contribution in [0, 0.1) is 5.82 Å². The van der Waals surface area contributed by atoms with E-state index in [1.54, 1.807) is 0 Å². The predicted octanol–water partition coefficient (Wildman–Crippen LogP) is 3.91. The highest BCUT2D eigenvalue weighted by Crippen LogP contribution is 2.34. The molecule has 3 aromatic rings. The summed E-state index contributed by atoms with van der Waals surface area (Å²) in [4.78, 5) is 0. The maximum atomic E-state index is 13.0. The minimum absolute atomic E-state index is 0.129. The number of methoxy groups -OCH3 is 1. The van der Waals surface area contributed by atoms with E-state index >= 15 is 0 Å². The number of alkyl halides is 3. The molecule has 1 N–H and O–H groups in total. The number of halogens is 4. The molecule has 3 rings (SSSR count). The summed E-state index contributed by atoms with van der Waals surface area (Å²) in [5.41, 5.74) is -0.155. The van der Waals surface area contributed by atoms with Gasteiger partial charge in [-0.15, -0.1) is 5.10 Å². The SMILES string of the molecule is COc1ccc(C(F)(F)F)cc1N/C=C\c1nnnn1-c1ccc(F)cc1. The van der Waals surface area contributed by atoms with Gasteiger partial charge in [0, 0.05) is 12.3 Å². The molecular weight excluding hydrogens is 366 g/mol. The standard InChI is InChI=1S/C17H13F4N5O/c1-27-15-7-2-11(17(19,20)21)10-14(15)22-9-8-16-23-24-25-26(16)13-5-3-12(18)4-6-13/h2-10,22H,1H3/b9-8-. The summed E-state index contributed by atoms with van der Waals surface area (Å²) in [6, 6.07) is 8.60. The Labute approximate surface area is 151 Å². The van der Waals surface area contributed by atoms with Crippen molar-refractivity contribution in [2.75, 3.05) is 12.4 Å². The van der Waals surface area contributed by atoms with Gasteiger partial charge >= 0.3 is 6.18 Å². The third-order valence-electron chi connectivity index (χ3n) is 3.56. The monoisotopic (exact) mass is 379 g/mol. The van der Waals surface area contributed by atoms with Gasteiger partial charge in [-0.25, -0.2) is 4.39 Å². The Morgan fingerprint density at radius 3 is 2.52 bits per heavy atom. The second-order valence-corrected chi connectivity index (χ2v) is 5.32. The number of aromatic nitrogens is 4. The fraction of sp³-hybridized carbons (Fsp3) is 0.118. The number of nitrogens with one attached hydrogen (secondary N) is 1. The van der Waals surface area contributed by atoms with E-state index in [-0.39, 0.29) is 11.4 Å². The molecule has 0 unspecified atom stereocenters. The lowest BCUT2D eigenvalue weighted by molar-refractivity contribution is -0.137. The first-order chi connectivity index (χ1) is 12.9. The third kappa shape index (κ3) is 4.22. The minimum atomic E-state index is -4.47. The average molecular weight is 379 g/mol. The first kappa shape index (κ1) is 18.4. The van der Waals surface area contributed by atoms with Crippen molar-refractivity contribution in [3.05, 3.63) is 65.9 Å². The van der Waals surface area contributed by atoms with E-state index in [9.17, 15) is 17.6 Å². The van der Waals surface area contributed by atoms with Crippen molar-refractivity contribution in [1.29, 1.82) is 0 Å². The first-order valence-electron chi connectivity index (χ1n) is 7.61. The van der Waals surface area contributed by atoms with Crippen LogP contribution in [-0.4, -0.2) is 27.3 Å². The number of hydrogen-bond donors (Lipinski definition) is 1. The summed E-state index contributed by atoms with van der Waals surface area (Å²) >= 11 is 0. The molecule has 0 spiro atoms. The molecule has 0 saturated carbocycles. The van der Waals surface area contributed by atoms with Crippen molar-refractivity contribution in [2.45, 2.75) is 6.18 Å². The highest BCUT2D eigenvalue weighted by atomic mass is 19.4. The quantitative estimate of drug-likeness (QED) is 0.681. The molecule has 0 aliphatic carbocycles. The van der Waals surface area contributed by atoms with Gasteiger partial charge in [0.05, 0.1) is 24.0 Å². The Morgan fingerprint density at radius 1 is 1.11 bits per heavy atom. The molecule has 10 heteroatoms. The number of ether oxygens (including phenoxy) is 1. The van der Waals surface area contributed by atoms with Gasteiger partial charge in [-0.3, -0.25) is 0 Å². The van der Waals surface area contributed by atoms with E-state index in [1.165, 1.54) is 54.4 Å². The van der Waals surface area contributed by atoms with Crippen LogP contribution in [0.2, 0.25) is 0 Å². The zero-order valence-electron chi connectivity index (χ0n) is 13.9. The lowest BCUT2D eigenvalue weighted by atomic mass is 10.2. The van der Waals surface area contributed by atoms with Crippen molar-refractivity contribution >= 4 is 11.8 Å². The van der Waals surface area contributed by atoms with Crippen molar-refractivity contribution in [3.63, 3.8) is 0 Å². The van der Waals surface area contributed by atoms with Gasteiger partial charge in [-0.05, 0) is 52.9 Å². The maximum Gasteiger partial charge on any atom is 0.416 e. The van der Waals surface area contributed by atoms with E-state index in [0.29, 0.717) is 11.5 Å². The van der Waals surface area contributed by atoms with Crippen LogP contribution in [0.5, 0.6) is 5.75 Å². The van der Waals surface area contributed by atoms with Gasteiger partial charge in [0.2, 0.25) is 0 Å². The topological polar surface area (TPSA) is 64.9 Å². The molecule has 0 fully saturated rings. The second-order valence-electron chi connectivity index (χ2n) is 5.32. The van der Waals surface area contributed by atoms with Gasteiger partial charge in [0.15, 0.2) is 5.82 Å².